The standard InChI is InChI=1S/C32H54N2O23/c1-9-18(42)21(45)22(46)29(51-9)55-26-17(34-11(3)39)28(50-4)53-15(8-37)24(26)54-30-23(47)27(20(44)14(7-36)52-30)57-32(31(48)49)5-12(40)16(33-10(2)38)25(56-32)19(43)13(41)6-35/h9,12-30,35-37,40-47H,5-8H2,1-4H3,(H,33,38)(H,34,39)(H,48,49)/p-1/t9?,12?,13-,14?,15?,16?,17?,18?,19-,20?,21?,22?,23?,24?,25?,26?,27?,28?,29?,30?,32?/m1/s1. The van der Waals surface area contributed by atoms with Gasteiger partial charge in [0.15, 0.2) is 18.9 Å². The van der Waals surface area contributed by atoms with E-state index in [2.05, 4.69) is 10.6 Å². The van der Waals surface area contributed by atoms with E-state index < -0.39 is 172 Å². The molecule has 19 unspecified atom stereocenters. The van der Waals surface area contributed by atoms with Crippen molar-refractivity contribution in [3.05, 3.63) is 0 Å². The van der Waals surface area contributed by atoms with Crippen molar-refractivity contribution in [2.45, 2.75) is 155 Å². The van der Waals surface area contributed by atoms with Gasteiger partial charge in [-0.25, -0.2) is 0 Å². The van der Waals surface area contributed by atoms with E-state index in [1.54, 1.807) is 0 Å². The number of aliphatic hydroxyl groups is 11. The Morgan fingerprint density at radius 3 is 1.86 bits per heavy atom. The molecule has 330 valence electrons. The average molecular weight is 834 g/mol. The SMILES string of the molecule is COC1OC(CO)C(OC2OC(CO)C(O)C(OC3(C(=O)[O-])CC(O)C(NC(C)=O)C([C@H](O)[C@H](O)CO)O3)C2O)C(OC2OC(C)C(O)C(O)C2O)C1NC(C)=O. The number of hydrogen-bond acceptors (Lipinski definition) is 23. The van der Waals surface area contributed by atoms with E-state index >= 15 is 0 Å². The van der Waals surface area contributed by atoms with Gasteiger partial charge in [-0.05, 0) is 6.92 Å². The Bertz CT molecular complexity index is 1350. The molecule has 0 radical (unpaired) electrons. The highest BCUT2D eigenvalue weighted by Gasteiger charge is 2.59. The van der Waals surface area contributed by atoms with Gasteiger partial charge in [0.2, 0.25) is 17.6 Å². The molecule has 0 bridgehead atoms. The molecule has 4 fully saturated rings. The van der Waals surface area contributed by atoms with E-state index in [1.165, 1.54) is 14.0 Å². The highest BCUT2D eigenvalue weighted by atomic mass is 16.8. The summed E-state index contributed by atoms with van der Waals surface area (Å²) in [5, 5.41) is 134. The summed E-state index contributed by atoms with van der Waals surface area (Å²) in [5.74, 6) is -6.94. The summed E-state index contributed by atoms with van der Waals surface area (Å²) in [6, 6.07) is -3.01. The van der Waals surface area contributed by atoms with E-state index in [0.29, 0.717) is 0 Å². The Balaban J connectivity index is 1.72. The van der Waals surface area contributed by atoms with Crippen LogP contribution in [0.3, 0.4) is 0 Å². The lowest BCUT2D eigenvalue weighted by Crippen LogP contribution is -2.72. The minimum Gasteiger partial charge on any atom is -0.544 e. The Hall–Kier alpha value is -2.35. The number of carbonyl (C=O) groups excluding carboxylic acids is 3. The molecule has 0 spiro atoms. The first kappa shape index (κ1) is 47.3. The van der Waals surface area contributed by atoms with Gasteiger partial charge < -0.3 is 115 Å². The van der Waals surface area contributed by atoms with Gasteiger partial charge >= 0.3 is 0 Å². The zero-order valence-electron chi connectivity index (χ0n) is 31.2. The third kappa shape index (κ3) is 10.2. The number of ether oxygens (including phenoxy) is 8. The summed E-state index contributed by atoms with van der Waals surface area (Å²) >= 11 is 0. The Morgan fingerprint density at radius 1 is 0.754 bits per heavy atom. The lowest BCUT2D eigenvalue weighted by molar-refractivity contribution is -0.412. The van der Waals surface area contributed by atoms with E-state index in [-0.39, 0.29) is 0 Å². The van der Waals surface area contributed by atoms with Gasteiger partial charge in [0.1, 0.15) is 91.4 Å². The van der Waals surface area contributed by atoms with Crippen LogP contribution in [0.15, 0.2) is 0 Å². The van der Waals surface area contributed by atoms with Gasteiger partial charge in [0.25, 0.3) is 0 Å². The number of rotatable bonds is 15. The molecular formula is C32H53N2O23-. The number of carbonyl (C=O) groups is 3. The molecule has 0 aliphatic carbocycles. The molecule has 0 saturated carbocycles. The van der Waals surface area contributed by atoms with E-state index in [9.17, 15) is 75.7 Å². The molecule has 57 heavy (non-hydrogen) atoms. The van der Waals surface area contributed by atoms with Crippen molar-refractivity contribution in [2.75, 3.05) is 26.9 Å². The Morgan fingerprint density at radius 2 is 1.32 bits per heavy atom. The summed E-state index contributed by atoms with van der Waals surface area (Å²) in [7, 11) is 1.17. The summed E-state index contributed by atoms with van der Waals surface area (Å²) < 4.78 is 45.6. The second-order valence-corrected chi connectivity index (χ2v) is 14.2. The van der Waals surface area contributed by atoms with Gasteiger partial charge in [-0.15, -0.1) is 0 Å². The van der Waals surface area contributed by atoms with Crippen LogP contribution in [-0.4, -0.2) is 229 Å². The van der Waals surface area contributed by atoms with Crippen molar-refractivity contribution in [2.24, 2.45) is 0 Å². The topological polar surface area (TPSA) is 395 Å². The number of methoxy groups -OCH3 is 1. The van der Waals surface area contributed by atoms with Crippen LogP contribution in [0.1, 0.15) is 27.2 Å². The molecule has 4 heterocycles. The second kappa shape index (κ2) is 19.8. The normalized spacial score (nSPS) is 45.1. The first-order valence-electron chi connectivity index (χ1n) is 17.9. The number of amides is 2. The number of aliphatic carboxylic acids is 1. The number of aliphatic hydroxyl groups excluding tert-OH is 11. The monoisotopic (exact) mass is 833 g/mol. The van der Waals surface area contributed by atoms with Crippen LogP contribution in [0.4, 0.5) is 0 Å². The first-order valence-corrected chi connectivity index (χ1v) is 17.9. The van der Waals surface area contributed by atoms with Gasteiger partial charge in [-0.1, -0.05) is 0 Å². The van der Waals surface area contributed by atoms with Gasteiger partial charge in [0.05, 0.1) is 38.1 Å². The fourth-order valence-electron chi connectivity index (χ4n) is 7.17. The van der Waals surface area contributed by atoms with Gasteiger partial charge in [-0.2, -0.15) is 0 Å². The molecule has 2 amide bonds. The molecule has 13 N–H and O–H groups in total. The largest absolute Gasteiger partial charge is 0.544 e. The third-order valence-electron chi connectivity index (χ3n) is 10.1. The molecule has 0 aromatic rings. The van der Waals surface area contributed by atoms with Crippen molar-refractivity contribution < 1.29 is 114 Å². The molecular weight excluding hydrogens is 780 g/mol. The summed E-state index contributed by atoms with van der Waals surface area (Å²) in [6.07, 6.45) is -34.3. The summed E-state index contributed by atoms with van der Waals surface area (Å²) in [6.45, 7) is 0.445. The van der Waals surface area contributed by atoms with Gasteiger partial charge in [-0.3, -0.25) is 9.59 Å². The minimum absolute atomic E-state index is 0.682. The van der Waals surface area contributed by atoms with E-state index in [0.717, 1.165) is 13.8 Å². The van der Waals surface area contributed by atoms with Gasteiger partial charge in [0, 0.05) is 27.4 Å². The second-order valence-electron chi connectivity index (χ2n) is 14.2. The van der Waals surface area contributed by atoms with Crippen LogP contribution in [-0.2, 0) is 52.3 Å². The van der Waals surface area contributed by atoms with Crippen molar-refractivity contribution in [3.8, 4) is 0 Å². The quantitative estimate of drug-likeness (QED) is 0.0728. The molecule has 25 nitrogen and oxygen atoms in total. The molecule has 4 rings (SSSR count). The van der Waals surface area contributed by atoms with Crippen molar-refractivity contribution >= 4 is 17.8 Å². The maximum atomic E-state index is 12.8. The third-order valence-corrected chi connectivity index (χ3v) is 10.1. The lowest BCUT2D eigenvalue weighted by atomic mass is 9.88. The zero-order valence-corrected chi connectivity index (χ0v) is 31.2. The predicted octanol–water partition coefficient (Wildman–Crippen LogP) is -9.91. The average Bonchev–Trinajstić information content (AvgIpc) is 3.16. The fraction of sp³-hybridized carbons (Fsp3) is 0.906. The zero-order chi connectivity index (χ0) is 42.7. The minimum atomic E-state index is -3.21. The molecule has 4 aliphatic heterocycles. The molecule has 0 aromatic carbocycles. The Labute approximate surface area is 324 Å². The van der Waals surface area contributed by atoms with Crippen LogP contribution >= 0.6 is 0 Å². The number of nitrogens with one attached hydrogen (secondary N) is 2. The molecule has 4 saturated heterocycles. The highest BCUT2D eigenvalue weighted by molar-refractivity contribution is 5.75. The molecule has 0 aromatic heterocycles. The van der Waals surface area contributed by atoms with Crippen molar-refractivity contribution in [1.82, 2.24) is 10.6 Å². The summed E-state index contributed by atoms with van der Waals surface area (Å²) in [4.78, 5) is 37.1. The fourth-order valence-corrected chi connectivity index (χ4v) is 7.17. The molecule has 21 atom stereocenters. The van der Waals surface area contributed by atoms with E-state index in [4.69, 9.17) is 37.9 Å². The first-order chi connectivity index (χ1) is 26.7. The molecule has 25 heteroatoms. The number of carboxylic acid groups (broad SMARTS) is 1. The van der Waals surface area contributed by atoms with Crippen LogP contribution in [0, 0.1) is 0 Å². The van der Waals surface area contributed by atoms with Crippen molar-refractivity contribution in [3.63, 3.8) is 0 Å². The van der Waals surface area contributed by atoms with Crippen LogP contribution in [0.25, 0.3) is 0 Å². The highest BCUT2D eigenvalue weighted by Crippen LogP contribution is 2.39. The lowest BCUT2D eigenvalue weighted by Gasteiger charge is -2.53. The maximum absolute atomic E-state index is 12.8. The van der Waals surface area contributed by atoms with Crippen LogP contribution in [0.5, 0.6) is 0 Å². The smallest absolute Gasteiger partial charge is 0.217 e. The summed E-state index contributed by atoms with van der Waals surface area (Å²) in [5.41, 5.74) is 0. The number of carboxylic acids is 1. The van der Waals surface area contributed by atoms with Crippen LogP contribution < -0.4 is 15.7 Å². The van der Waals surface area contributed by atoms with E-state index in [1.807, 2.05) is 0 Å². The molecule has 4 aliphatic rings. The maximum Gasteiger partial charge on any atom is 0.217 e. The predicted molar refractivity (Wildman–Crippen MR) is 175 cm³/mol. The number of hydrogen-bond donors (Lipinski definition) is 13. The van der Waals surface area contributed by atoms with Crippen LogP contribution in [0.2, 0.25) is 0 Å². The Kier molecular flexibility index (Phi) is 16.4. The van der Waals surface area contributed by atoms with Crippen molar-refractivity contribution in [1.29, 1.82) is 0 Å².